The van der Waals surface area contributed by atoms with Gasteiger partial charge in [-0.1, -0.05) is 35.9 Å². The van der Waals surface area contributed by atoms with Crippen LogP contribution in [0, 0.1) is 0 Å². The topological polar surface area (TPSA) is 41.6 Å². The highest BCUT2D eigenvalue weighted by atomic mass is 35.5. The second-order valence-electron chi connectivity index (χ2n) is 5.89. The minimum atomic E-state index is -0.135. The SMILES string of the molecule is COc1cccc(C(CNC(=O)/C=C/c2ccc(Cl)cc2)N(C)C)c1. The second kappa shape index (κ2) is 9.25. The van der Waals surface area contributed by atoms with Crippen LogP contribution in [0.15, 0.2) is 54.6 Å². The van der Waals surface area contributed by atoms with Gasteiger partial charge >= 0.3 is 0 Å². The lowest BCUT2D eigenvalue weighted by Crippen LogP contribution is -2.33. The van der Waals surface area contributed by atoms with Crippen LogP contribution in [0.2, 0.25) is 5.02 Å². The molecule has 2 rings (SSSR count). The average Bonchev–Trinajstić information content (AvgIpc) is 2.61. The van der Waals surface area contributed by atoms with Gasteiger partial charge < -0.3 is 15.0 Å². The molecule has 2 aromatic rings. The van der Waals surface area contributed by atoms with Crippen LogP contribution in [0.3, 0.4) is 0 Å². The highest BCUT2D eigenvalue weighted by Crippen LogP contribution is 2.22. The molecule has 0 saturated carbocycles. The van der Waals surface area contributed by atoms with Gasteiger partial charge in [-0.25, -0.2) is 0 Å². The zero-order valence-corrected chi connectivity index (χ0v) is 15.5. The smallest absolute Gasteiger partial charge is 0.244 e. The molecule has 0 aromatic heterocycles. The minimum absolute atomic E-state index is 0.0583. The maximum atomic E-state index is 12.1. The van der Waals surface area contributed by atoms with Crippen LogP contribution >= 0.6 is 11.6 Å². The van der Waals surface area contributed by atoms with Gasteiger partial charge in [0.1, 0.15) is 5.75 Å². The molecule has 0 aliphatic carbocycles. The number of rotatable bonds is 7. The van der Waals surface area contributed by atoms with Crippen molar-refractivity contribution < 1.29 is 9.53 Å². The lowest BCUT2D eigenvalue weighted by atomic mass is 10.1. The molecule has 1 amide bonds. The van der Waals surface area contributed by atoms with Gasteiger partial charge in [0.05, 0.1) is 13.2 Å². The summed E-state index contributed by atoms with van der Waals surface area (Å²) in [5.41, 5.74) is 2.02. The van der Waals surface area contributed by atoms with E-state index >= 15 is 0 Å². The third-order valence-corrected chi connectivity index (χ3v) is 4.12. The van der Waals surface area contributed by atoms with Gasteiger partial charge in [0.2, 0.25) is 5.91 Å². The van der Waals surface area contributed by atoms with Gasteiger partial charge in [0.25, 0.3) is 0 Å². The highest BCUT2D eigenvalue weighted by Gasteiger charge is 2.15. The average molecular weight is 359 g/mol. The van der Waals surface area contributed by atoms with Crippen molar-refractivity contribution in [2.75, 3.05) is 27.7 Å². The number of benzene rings is 2. The number of ether oxygens (including phenoxy) is 1. The molecular weight excluding hydrogens is 336 g/mol. The Balaban J connectivity index is 1.98. The molecule has 25 heavy (non-hydrogen) atoms. The van der Waals surface area contributed by atoms with Gasteiger partial charge in [-0.15, -0.1) is 0 Å². The summed E-state index contributed by atoms with van der Waals surface area (Å²) < 4.78 is 5.28. The molecule has 0 radical (unpaired) electrons. The van der Waals surface area contributed by atoms with E-state index in [1.807, 2.05) is 50.5 Å². The minimum Gasteiger partial charge on any atom is -0.497 e. The Morgan fingerprint density at radius 1 is 1.24 bits per heavy atom. The molecule has 0 heterocycles. The molecule has 5 heteroatoms. The third kappa shape index (κ3) is 5.93. The van der Waals surface area contributed by atoms with Crippen LogP contribution in [-0.4, -0.2) is 38.6 Å². The van der Waals surface area contributed by atoms with E-state index < -0.39 is 0 Å². The van der Waals surface area contributed by atoms with E-state index in [4.69, 9.17) is 16.3 Å². The van der Waals surface area contributed by atoms with E-state index in [0.717, 1.165) is 16.9 Å². The molecule has 0 saturated heterocycles. The van der Waals surface area contributed by atoms with Gasteiger partial charge in [0.15, 0.2) is 0 Å². The molecule has 0 aliphatic rings. The fourth-order valence-electron chi connectivity index (χ4n) is 2.45. The summed E-state index contributed by atoms with van der Waals surface area (Å²) >= 11 is 5.85. The standard InChI is InChI=1S/C20H23ClN2O2/c1-23(2)19(16-5-4-6-18(13-16)25-3)14-22-20(24)12-9-15-7-10-17(21)11-8-15/h4-13,19H,14H2,1-3H3,(H,22,24)/b12-9+. The largest absolute Gasteiger partial charge is 0.497 e. The van der Waals surface area contributed by atoms with Crippen molar-refractivity contribution in [3.05, 3.63) is 70.8 Å². The van der Waals surface area contributed by atoms with E-state index in [2.05, 4.69) is 10.2 Å². The fourth-order valence-corrected chi connectivity index (χ4v) is 2.58. The number of hydrogen-bond acceptors (Lipinski definition) is 3. The van der Waals surface area contributed by atoms with Gasteiger partial charge in [-0.3, -0.25) is 4.79 Å². The summed E-state index contributed by atoms with van der Waals surface area (Å²) in [6.07, 6.45) is 3.30. The van der Waals surface area contributed by atoms with Crippen molar-refractivity contribution in [3.8, 4) is 5.75 Å². The van der Waals surface area contributed by atoms with Gasteiger partial charge in [-0.05, 0) is 55.6 Å². The first-order valence-corrected chi connectivity index (χ1v) is 8.39. The van der Waals surface area contributed by atoms with E-state index in [9.17, 15) is 4.79 Å². The quantitative estimate of drug-likeness (QED) is 0.766. The molecule has 0 fully saturated rings. The second-order valence-corrected chi connectivity index (χ2v) is 6.32. The predicted octanol–water partition coefficient (Wildman–Crippen LogP) is 3.78. The third-order valence-electron chi connectivity index (χ3n) is 3.87. The van der Waals surface area contributed by atoms with Crippen LogP contribution in [0.4, 0.5) is 0 Å². The number of nitrogens with one attached hydrogen (secondary N) is 1. The van der Waals surface area contributed by atoms with E-state index in [-0.39, 0.29) is 11.9 Å². The van der Waals surface area contributed by atoms with Gasteiger partial charge in [0, 0.05) is 17.6 Å². The Morgan fingerprint density at radius 2 is 1.96 bits per heavy atom. The Morgan fingerprint density at radius 3 is 2.60 bits per heavy atom. The van der Waals surface area contributed by atoms with Gasteiger partial charge in [-0.2, -0.15) is 0 Å². The number of methoxy groups -OCH3 is 1. The molecule has 2 aromatic carbocycles. The lowest BCUT2D eigenvalue weighted by Gasteiger charge is -2.25. The summed E-state index contributed by atoms with van der Waals surface area (Å²) in [6.45, 7) is 0.504. The summed E-state index contributed by atoms with van der Waals surface area (Å²) in [4.78, 5) is 14.2. The van der Waals surface area contributed by atoms with Crippen LogP contribution < -0.4 is 10.1 Å². The van der Waals surface area contributed by atoms with Crippen molar-refractivity contribution in [1.82, 2.24) is 10.2 Å². The number of likely N-dealkylation sites (N-methyl/N-ethyl adjacent to an activating group) is 1. The zero-order valence-electron chi connectivity index (χ0n) is 14.7. The van der Waals surface area contributed by atoms with Crippen molar-refractivity contribution in [1.29, 1.82) is 0 Å². The Labute approximate surface area is 154 Å². The van der Waals surface area contributed by atoms with E-state index in [1.54, 1.807) is 25.3 Å². The van der Waals surface area contributed by atoms with Crippen molar-refractivity contribution >= 4 is 23.6 Å². The molecule has 0 bridgehead atoms. The molecule has 132 valence electrons. The summed E-state index contributed by atoms with van der Waals surface area (Å²) in [5, 5.41) is 3.62. The normalized spacial score (nSPS) is 12.4. The first-order chi connectivity index (χ1) is 12.0. The van der Waals surface area contributed by atoms with Crippen molar-refractivity contribution in [2.45, 2.75) is 6.04 Å². The number of carbonyl (C=O) groups excluding carboxylic acids is 1. The Bertz CT molecular complexity index is 727. The molecule has 0 aliphatic heterocycles. The lowest BCUT2D eigenvalue weighted by molar-refractivity contribution is -0.116. The summed E-state index contributed by atoms with van der Waals surface area (Å²) in [7, 11) is 5.62. The molecule has 1 atom stereocenters. The molecule has 1 N–H and O–H groups in total. The monoisotopic (exact) mass is 358 g/mol. The number of halogens is 1. The summed E-state index contributed by atoms with van der Waals surface area (Å²) in [5.74, 6) is 0.669. The maximum absolute atomic E-state index is 12.1. The van der Waals surface area contributed by atoms with Crippen LogP contribution in [-0.2, 0) is 4.79 Å². The van der Waals surface area contributed by atoms with E-state index in [1.165, 1.54) is 6.08 Å². The number of nitrogens with zero attached hydrogens (tertiary/aromatic N) is 1. The fraction of sp³-hybridized carbons (Fsp3) is 0.250. The number of amides is 1. The molecule has 4 nitrogen and oxygen atoms in total. The molecule has 0 spiro atoms. The van der Waals surface area contributed by atoms with Crippen molar-refractivity contribution in [2.24, 2.45) is 0 Å². The van der Waals surface area contributed by atoms with Crippen molar-refractivity contribution in [3.63, 3.8) is 0 Å². The first-order valence-electron chi connectivity index (χ1n) is 8.01. The number of hydrogen-bond donors (Lipinski definition) is 1. The highest BCUT2D eigenvalue weighted by molar-refractivity contribution is 6.30. The van der Waals surface area contributed by atoms with E-state index in [0.29, 0.717) is 11.6 Å². The van der Waals surface area contributed by atoms with Crippen LogP contribution in [0.1, 0.15) is 17.2 Å². The zero-order chi connectivity index (χ0) is 18.2. The molecular formula is C20H23ClN2O2. The first kappa shape index (κ1) is 19.0. The maximum Gasteiger partial charge on any atom is 0.244 e. The van der Waals surface area contributed by atoms with Crippen LogP contribution in [0.5, 0.6) is 5.75 Å². The predicted molar refractivity (Wildman–Crippen MR) is 103 cm³/mol. The van der Waals surface area contributed by atoms with Crippen LogP contribution in [0.25, 0.3) is 6.08 Å². The Kier molecular flexibility index (Phi) is 7.04. The Hall–Kier alpha value is -2.30. The summed E-state index contributed by atoms with van der Waals surface area (Å²) in [6, 6.07) is 15.3. The number of carbonyl (C=O) groups is 1. The molecule has 1 unspecified atom stereocenters.